The number of nitrogens with two attached hydrogens (primary N) is 1. The van der Waals surface area contributed by atoms with Crippen LogP contribution < -0.4 is 11.1 Å². The highest BCUT2D eigenvalue weighted by molar-refractivity contribution is 8.01. The van der Waals surface area contributed by atoms with Gasteiger partial charge in [-0.25, -0.2) is 8.42 Å². The van der Waals surface area contributed by atoms with Crippen LogP contribution in [0, 0.1) is 6.92 Å². The number of hydrogen-bond donors (Lipinski definition) is 2. The third kappa shape index (κ3) is 6.49. The Hall–Kier alpha value is -1.21. The molecule has 19 heavy (non-hydrogen) atoms. The van der Waals surface area contributed by atoms with Crippen LogP contribution >= 0.6 is 11.8 Å². The molecule has 3 N–H and O–H groups in total. The molecule has 0 radical (unpaired) electrons. The van der Waals surface area contributed by atoms with E-state index in [1.807, 2.05) is 13.0 Å². The van der Waals surface area contributed by atoms with Crippen LogP contribution in [0.5, 0.6) is 0 Å². The number of carbonyl (C=O) groups excluding carboxylic acids is 1. The molecule has 0 fully saturated rings. The normalized spacial score (nSPS) is 11.3. The zero-order valence-electron chi connectivity index (χ0n) is 11.0. The molecule has 0 bridgehead atoms. The molecule has 0 aliphatic heterocycles. The molecule has 0 spiro atoms. The molecule has 0 heterocycles. The summed E-state index contributed by atoms with van der Waals surface area (Å²) in [5, 5.41) is 2.72. The monoisotopic (exact) mass is 302 g/mol. The molecule has 1 rings (SSSR count). The van der Waals surface area contributed by atoms with Gasteiger partial charge >= 0.3 is 0 Å². The highest BCUT2D eigenvalue weighted by Crippen LogP contribution is 2.17. The number of carbonyl (C=O) groups is 1. The Labute approximate surface area is 117 Å². The largest absolute Gasteiger partial charge is 0.398 e. The summed E-state index contributed by atoms with van der Waals surface area (Å²) in [4.78, 5) is 11.6. The number of aryl methyl sites for hydroxylation is 1. The Morgan fingerprint density at radius 1 is 1.42 bits per heavy atom. The van der Waals surface area contributed by atoms with E-state index < -0.39 is 9.84 Å². The summed E-state index contributed by atoms with van der Waals surface area (Å²) in [5.41, 5.74) is 7.98. The lowest BCUT2D eigenvalue weighted by molar-refractivity contribution is -0.113. The highest BCUT2D eigenvalue weighted by atomic mass is 32.2. The van der Waals surface area contributed by atoms with Crippen molar-refractivity contribution < 1.29 is 13.2 Å². The van der Waals surface area contributed by atoms with Crippen LogP contribution in [0.1, 0.15) is 5.56 Å². The van der Waals surface area contributed by atoms with E-state index in [4.69, 9.17) is 5.73 Å². The number of nitrogens with one attached hydrogen (secondary N) is 1. The van der Waals surface area contributed by atoms with Crippen molar-refractivity contribution in [2.45, 2.75) is 6.92 Å². The second-order valence-electron chi connectivity index (χ2n) is 4.30. The van der Waals surface area contributed by atoms with E-state index in [1.54, 1.807) is 12.1 Å². The van der Waals surface area contributed by atoms with E-state index in [9.17, 15) is 13.2 Å². The summed E-state index contributed by atoms with van der Waals surface area (Å²) in [7, 11) is -2.96. The van der Waals surface area contributed by atoms with Crippen LogP contribution in [0.25, 0.3) is 0 Å². The van der Waals surface area contributed by atoms with E-state index in [2.05, 4.69) is 5.32 Å². The molecule has 7 heteroatoms. The fraction of sp³-hybridized carbons (Fsp3) is 0.417. The summed E-state index contributed by atoms with van der Waals surface area (Å²) >= 11 is 1.29. The minimum Gasteiger partial charge on any atom is -0.398 e. The van der Waals surface area contributed by atoms with Gasteiger partial charge in [0, 0.05) is 23.4 Å². The van der Waals surface area contributed by atoms with E-state index >= 15 is 0 Å². The maximum atomic E-state index is 11.6. The van der Waals surface area contributed by atoms with E-state index in [-0.39, 0.29) is 17.4 Å². The molecule has 106 valence electrons. The minimum absolute atomic E-state index is 0.0857. The van der Waals surface area contributed by atoms with Gasteiger partial charge in [0.1, 0.15) is 9.84 Å². The zero-order chi connectivity index (χ0) is 14.5. The summed E-state index contributed by atoms with van der Waals surface area (Å²) in [5.74, 6) is 0.565. The first kappa shape index (κ1) is 15.8. The van der Waals surface area contributed by atoms with E-state index in [1.165, 1.54) is 18.0 Å². The number of nitrogen functional groups attached to an aromatic ring is 1. The van der Waals surface area contributed by atoms with Crippen molar-refractivity contribution in [3.8, 4) is 0 Å². The van der Waals surface area contributed by atoms with Crippen molar-refractivity contribution >= 4 is 38.9 Å². The molecule has 1 aromatic rings. The van der Waals surface area contributed by atoms with Crippen LogP contribution in [0.3, 0.4) is 0 Å². The van der Waals surface area contributed by atoms with Crippen molar-refractivity contribution in [2.75, 3.05) is 34.6 Å². The molecule has 0 aliphatic carbocycles. The second-order valence-corrected chi connectivity index (χ2v) is 7.67. The van der Waals surface area contributed by atoms with Gasteiger partial charge in [-0.05, 0) is 24.6 Å². The molecule has 0 aromatic heterocycles. The van der Waals surface area contributed by atoms with Crippen LogP contribution in [0.4, 0.5) is 11.4 Å². The molecule has 1 amide bonds. The smallest absolute Gasteiger partial charge is 0.234 e. The first-order valence-corrected chi connectivity index (χ1v) is 8.91. The average Bonchev–Trinajstić information content (AvgIpc) is 2.28. The number of hydrogen-bond acceptors (Lipinski definition) is 5. The Balaban J connectivity index is 2.37. The Morgan fingerprint density at radius 2 is 2.11 bits per heavy atom. The Kier molecular flexibility index (Phi) is 5.68. The maximum absolute atomic E-state index is 11.6. The summed E-state index contributed by atoms with van der Waals surface area (Å²) < 4.78 is 21.8. The SMILES string of the molecule is Cc1ccc(NC(=O)CSCCS(C)(=O)=O)cc1N. The van der Waals surface area contributed by atoms with Crippen LogP contribution in [-0.2, 0) is 14.6 Å². The topological polar surface area (TPSA) is 89.3 Å². The van der Waals surface area contributed by atoms with Crippen LogP contribution in [-0.4, -0.2) is 37.8 Å². The molecule has 0 atom stereocenters. The maximum Gasteiger partial charge on any atom is 0.234 e. The summed E-state index contributed by atoms with van der Waals surface area (Å²) in [6.07, 6.45) is 1.18. The summed E-state index contributed by atoms with van der Waals surface area (Å²) in [6.45, 7) is 1.89. The lowest BCUT2D eigenvalue weighted by Gasteiger charge is -2.07. The molecule has 0 aliphatic rings. The van der Waals surface area contributed by atoms with Gasteiger partial charge in [-0.3, -0.25) is 4.79 Å². The third-order valence-corrected chi connectivity index (χ3v) is 4.56. The molecule has 0 saturated heterocycles. The van der Waals surface area contributed by atoms with Gasteiger partial charge in [-0.15, -0.1) is 0 Å². The first-order valence-electron chi connectivity index (χ1n) is 5.69. The highest BCUT2D eigenvalue weighted by Gasteiger charge is 2.06. The van der Waals surface area contributed by atoms with Crippen LogP contribution in [0.2, 0.25) is 0 Å². The van der Waals surface area contributed by atoms with Gasteiger partial charge < -0.3 is 11.1 Å². The van der Waals surface area contributed by atoms with Gasteiger partial charge in [0.15, 0.2) is 0 Å². The average molecular weight is 302 g/mol. The van der Waals surface area contributed by atoms with Crippen LogP contribution in [0.15, 0.2) is 18.2 Å². The fourth-order valence-corrected chi connectivity index (χ4v) is 3.37. The Morgan fingerprint density at radius 3 is 2.68 bits per heavy atom. The van der Waals surface area contributed by atoms with Gasteiger partial charge in [0.2, 0.25) is 5.91 Å². The minimum atomic E-state index is -2.96. The fourth-order valence-electron chi connectivity index (χ4n) is 1.29. The number of anilines is 2. The molecular weight excluding hydrogens is 284 g/mol. The summed E-state index contributed by atoms with van der Waals surface area (Å²) in [6, 6.07) is 5.32. The zero-order valence-corrected chi connectivity index (χ0v) is 12.6. The molecular formula is C12H18N2O3S2. The van der Waals surface area contributed by atoms with Crippen molar-refractivity contribution in [1.29, 1.82) is 0 Å². The number of benzene rings is 1. The van der Waals surface area contributed by atoms with Crippen molar-refractivity contribution in [1.82, 2.24) is 0 Å². The first-order chi connectivity index (χ1) is 8.78. The molecule has 5 nitrogen and oxygen atoms in total. The van der Waals surface area contributed by atoms with Gasteiger partial charge in [0.05, 0.1) is 11.5 Å². The quantitative estimate of drug-likeness (QED) is 0.610. The predicted octanol–water partition coefficient (Wildman–Crippen LogP) is 1.29. The molecule has 0 unspecified atom stereocenters. The number of amides is 1. The third-order valence-electron chi connectivity index (χ3n) is 2.39. The number of thioether (sulfide) groups is 1. The molecule has 1 aromatic carbocycles. The van der Waals surface area contributed by atoms with E-state index in [0.717, 1.165) is 5.56 Å². The lowest BCUT2D eigenvalue weighted by Crippen LogP contribution is -2.15. The van der Waals surface area contributed by atoms with Crippen molar-refractivity contribution in [3.05, 3.63) is 23.8 Å². The number of sulfone groups is 1. The molecule has 0 saturated carbocycles. The van der Waals surface area contributed by atoms with Gasteiger partial charge in [-0.1, -0.05) is 6.07 Å². The van der Waals surface area contributed by atoms with Crippen molar-refractivity contribution in [3.63, 3.8) is 0 Å². The lowest BCUT2D eigenvalue weighted by atomic mass is 10.2. The van der Waals surface area contributed by atoms with Crippen molar-refractivity contribution in [2.24, 2.45) is 0 Å². The second kappa shape index (κ2) is 6.81. The van der Waals surface area contributed by atoms with Gasteiger partial charge in [0.25, 0.3) is 0 Å². The van der Waals surface area contributed by atoms with E-state index in [0.29, 0.717) is 17.1 Å². The predicted molar refractivity (Wildman–Crippen MR) is 81.3 cm³/mol. The van der Waals surface area contributed by atoms with Gasteiger partial charge in [-0.2, -0.15) is 11.8 Å². The number of rotatable bonds is 6. The Bertz CT molecular complexity index is 556. The standard InChI is InChI=1S/C12H18N2O3S2/c1-9-3-4-10(7-11(9)13)14-12(15)8-18-5-6-19(2,16)17/h3-4,7H,5-6,8,13H2,1-2H3,(H,14,15).